The van der Waals surface area contributed by atoms with Crippen molar-refractivity contribution in [2.75, 3.05) is 0 Å². The molecule has 98 valence electrons. The fourth-order valence-electron chi connectivity index (χ4n) is 1.76. The molecule has 0 fully saturated rings. The van der Waals surface area contributed by atoms with E-state index in [1.165, 1.54) is 16.9 Å². The van der Waals surface area contributed by atoms with E-state index in [0.29, 0.717) is 0 Å². The number of thioether (sulfide) groups is 1. The average Bonchev–Trinajstić information content (AvgIpc) is 2.39. The highest BCUT2D eigenvalue weighted by molar-refractivity contribution is 8.14. The Morgan fingerprint density at radius 1 is 0.895 bits per heavy atom. The van der Waals surface area contributed by atoms with Crippen LogP contribution in [0.1, 0.15) is 10.4 Å². The molecule has 0 amide bonds. The Bertz CT molecular complexity index is 556. The molecule has 0 bridgehead atoms. The van der Waals surface area contributed by atoms with Crippen LogP contribution in [0, 0.1) is 0 Å². The van der Waals surface area contributed by atoms with Crippen molar-refractivity contribution in [2.24, 2.45) is 0 Å². The van der Waals surface area contributed by atoms with E-state index in [1.807, 2.05) is 30.3 Å². The number of hydrogen-bond acceptors (Lipinski definition) is 2. The molecule has 0 heterocycles. The van der Waals surface area contributed by atoms with Gasteiger partial charge >= 0.3 is 0 Å². The zero-order chi connectivity index (χ0) is 13.9. The van der Waals surface area contributed by atoms with Gasteiger partial charge in [0.2, 0.25) is 5.12 Å². The third-order valence-electron chi connectivity index (χ3n) is 2.94. The van der Waals surface area contributed by atoms with Gasteiger partial charge in [0.25, 0.3) is 0 Å². The van der Waals surface area contributed by atoms with E-state index in [9.17, 15) is 4.79 Å². The van der Waals surface area contributed by atoms with Gasteiger partial charge in [0.05, 0.1) is 8.07 Å². The summed E-state index contributed by atoms with van der Waals surface area (Å²) in [5.41, 5.74) is 0.752. The summed E-state index contributed by atoms with van der Waals surface area (Å²) >= 11 is 1.29. The van der Waals surface area contributed by atoms with E-state index in [4.69, 9.17) is 0 Å². The summed E-state index contributed by atoms with van der Waals surface area (Å²) < 4.78 is 0. The average molecular weight is 286 g/mol. The maximum Gasteiger partial charge on any atom is 0.224 e. The van der Waals surface area contributed by atoms with Crippen molar-refractivity contribution in [3.8, 4) is 0 Å². The van der Waals surface area contributed by atoms with Crippen LogP contribution in [0.2, 0.25) is 19.6 Å². The normalized spacial score (nSPS) is 11.3. The topological polar surface area (TPSA) is 17.1 Å². The number of hydrogen-bond donors (Lipinski definition) is 0. The van der Waals surface area contributed by atoms with Gasteiger partial charge in [0.15, 0.2) is 0 Å². The fourth-order valence-corrected chi connectivity index (χ4v) is 3.67. The first-order valence-electron chi connectivity index (χ1n) is 6.34. The number of rotatable bonds is 3. The molecule has 0 aromatic heterocycles. The smallest absolute Gasteiger partial charge is 0.224 e. The standard InChI is InChI=1S/C16H18OSSi/c1-19(2,3)15-11-9-14(10-12-15)18-16(17)13-7-5-4-6-8-13/h4-12H,1-3H3. The quantitative estimate of drug-likeness (QED) is 0.622. The molecule has 2 aromatic carbocycles. The Kier molecular flexibility index (Phi) is 4.27. The Balaban J connectivity index is 2.10. The summed E-state index contributed by atoms with van der Waals surface area (Å²) in [6.45, 7) is 6.97. The SMILES string of the molecule is C[Si](C)(C)c1ccc(SC(=O)c2ccccc2)cc1. The fraction of sp³-hybridized carbons (Fsp3) is 0.188. The molecule has 0 atom stereocenters. The van der Waals surface area contributed by atoms with Crippen LogP contribution in [0.15, 0.2) is 59.5 Å². The van der Waals surface area contributed by atoms with Crippen LogP contribution in [0.5, 0.6) is 0 Å². The maximum absolute atomic E-state index is 12.1. The van der Waals surface area contributed by atoms with E-state index in [2.05, 4.69) is 43.9 Å². The molecule has 0 saturated carbocycles. The van der Waals surface area contributed by atoms with Gasteiger partial charge in [-0.1, -0.05) is 67.3 Å². The molecule has 0 saturated heterocycles. The summed E-state index contributed by atoms with van der Waals surface area (Å²) in [6, 6.07) is 17.8. The Morgan fingerprint density at radius 3 is 2.00 bits per heavy atom. The lowest BCUT2D eigenvalue weighted by molar-refractivity contribution is 0.108. The zero-order valence-electron chi connectivity index (χ0n) is 11.5. The largest absolute Gasteiger partial charge is 0.281 e. The number of carbonyl (C=O) groups excluding carboxylic acids is 1. The van der Waals surface area contributed by atoms with Gasteiger partial charge in [-0.2, -0.15) is 0 Å². The van der Waals surface area contributed by atoms with E-state index in [1.54, 1.807) is 0 Å². The van der Waals surface area contributed by atoms with Gasteiger partial charge in [-0.15, -0.1) is 0 Å². The summed E-state index contributed by atoms with van der Waals surface area (Å²) in [4.78, 5) is 13.1. The Hall–Kier alpha value is -1.32. The van der Waals surface area contributed by atoms with Crippen molar-refractivity contribution in [1.29, 1.82) is 0 Å². The van der Waals surface area contributed by atoms with Crippen molar-refractivity contribution in [2.45, 2.75) is 24.5 Å². The second-order valence-electron chi connectivity index (χ2n) is 5.53. The van der Waals surface area contributed by atoms with Gasteiger partial charge in [-0.25, -0.2) is 0 Å². The van der Waals surface area contributed by atoms with Crippen LogP contribution in [0.4, 0.5) is 0 Å². The van der Waals surface area contributed by atoms with Gasteiger partial charge in [0.1, 0.15) is 0 Å². The predicted octanol–water partition coefficient (Wildman–Crippen LogP) is 4.16. The second-order valence-corrected chi connectivity index (χ2v) is 11.7. The van der Waals surface area contributed by atoms with E-state index < -0.39 is 8.07 Å². The third-order valence-corrected chi connectivity index (χ3v) is 5.93. The molecule has 0 radical (unpaired) electrons. The van der Waals surface area contributed by atoms with Crippen molar-refractivity contribution in [3.63, 3.8) is 0 Å². The van der Waals surface area contributed by atoms with Crippen LogP contribution < -0.4 is 5.19 Å². The minimum atomic E-state index is -1.25. The van der Waals surface area contributed by atoms with E-state index >= 15 is 0 Å². The lowest BCUT2D eigenvalue weighted by Crippen LogP contribution is -2.37. The van der Waals surface area contributed by atoms with Crippen molar-refractivity contribution in [3.05, 3.63) is 60.2 Å². The second kappa shape index (κ2) is 5.76. The van der Waals surface area contributed by atoms with E-state index in [0.717, 1.165) is 10.5 Å². The van der Waals surface area contributed by atoms with Crippen LogP contribution in [0.25, 0.3) is 0 Å². The summed E-state index contributed by atoms with van der Waals surface area (Å²) in [6.07, 6.45) is 0. The van der Waals surface area contributed by atoms with Crippen LogP contribution >= 0.6 is 11.8 Å². The molecular formula is C16H18OSSi. The minimum Gasteiger partial charge on any atom is -0.281 e. The molecule has 3 heteroatoms. The van der Waals surface area contributed by atoms with Gasteiger partial charge in [-0.3, -0.25) is 4.79 Å². The Morgan fingerprint density at radius 2 is 1.47 bits per heavy atom. The predicted molar refractivity (Wildman–Crippen MR) is 86.1 cm³/mol. The van der Waals surface area contributed by atoms with Crippen molar-refractivity contribution in [1.82, 2.24) is 0 Å². The highest BCUT2D eigenvalue weighted by Crippen LogP contribution is 2.22. The molecule has 0 aliphatic carbocycles. The Labute approximate surface area is 120 Å². The van der Waals surface area contributed by atoms with Crippen molar-refractivity contribution >= 4 is 30.1 Å². The van der Waals surface area contributed by atoms with E-state index in [-0.39, 0.29) is 5.12 Å². The molecule has 2 rings (SSSR count). The lowest BCUT2D eigenvalue weighted by atomic mass is 10.2. The lowest BCUT2D eigenvalue weighted by Gasteiger charge is -2.16. The molecular weight excluding hydrogens is 268 g/mol. The van der Waals surface area contributed by atoms with Crippen LogP contribution in [-0.4, -0.2) is 13.2 Å². The van der Waals surface area contributed by atoms with Gasteiger partial charge in [-0.05, 0) is 23.9 Å². The van der Waals surface area contributed by atoms with Gasteiger partial charge in [0, 0.05) is 10.5 Å². The molecule has 0 N–H and O–H groups in total. The van der Waals surface area contributed by atoms with Gasteiger partial charge < -0.3 is 0 Å². The first-order chi connectivity index (χ1) is 8.97. The molecule has 0 aliphatic heterocycles. The molecule has 0 aliphatic rings. The summed E-state index contributed by atoms with van der Waals surface area (Å²) in [7, 11) is -1.25. The summed E-state index contributed by atoms with van der Waals surface area (Å²) in [5, 5.41) is 1.52. The molecule has 1 nitrogen and oxygen atoms in total. The monoisotopic (exact) mass is 286 g/mol. The van der Waals surface area contributed by atoms with Crippen LogP contribution in [0.3, 0.4) is 0 Å². The molecule has 0 unspecified atom stereocenters. The highest BCUT2D eigenvalue weighted by atomic mass is 32.2. The van der Waals surface area contributed by atoms with Crippen LogP contribution in [-0.2, 0) is 0 Å². The number of benzene rings is 2. The minimum absolute atomic E-state index is 0.0985. The highest BCUT2D eigenvalue weighted by Gasteiger charge is 2.16. The van der Waals surface area contributed by atoms with Crippen molar-refractivity contribution < 1.29 is 4.79 Å². The first kappa shape index (κ1) is 14.1. The molecule has 2 aromatic rings. The third kappa shape index (κ3) is 3.82. The molecule has 19 heavy (non-hydrogen) atoms. The summed E-state index contributed by atoms with van der Waals surface area (Å²) in [5.74, 6) is 0. The maximum atomic E-state index is 12.1. The number of carbonyl (C=O) groups is 1. The zero-order valence-corrected chi connectivity index (χ0v) is 13.3. The molecule has 0 spiro atoms. The first-order valence-corrected chi connectivity index (χ1v) is 10.7.